The number of nitrogens with one attached hydrogen (secondary N) is 1. The first-order valence-electron chi connectivity index (χ1n) is 4.94. The van der Waals surface area contributed by atoms with Gasteiger partial charge in [-0.05, 0) is 34.6 Å². The minimum Gasteiger partial charge on any atom is -0.460 e. The third-order valence-electron chi connectivity index (χ3n) is 1.59. The lowest BCUT2D eigenvalue weighted by Crippen LogP contribution is -2.26. The van der Waals surface area contributed by atoms with Crippen LogP contribution in [0, 0.1) is 0 Å². The monoisotopic (exact) mass is 199 g/mol. The van der Waals surface area contributed by atoms with Crippen LogP contribution in [0.2, 0.25) is 0 Å². The standard InChI is InChI=1S/C11H21NO2/c1-6-9(2)12-8-7-10(13)14-11(3,4)5/h6,12H,7-8H2,1-5H3/b9-6+. The van der Waals surface area contributed by atoms with Gasteiger partial charge in [0.05, 0.1) is 6.42 Å². The van der Waals surface area contributed by atoms with Crippen LogP contribution in [-0.4, -0.2) is 18.1 Å². The van der Waals surface area contributed by atoms with Crippen LogP contribution in [0.4, 0.5) is 0 Å². The van der Waals surface area contributed by atoms with Gasteiger partial charge in [0.2, 0.25) is 0 Å². The number of rotatable bonds is 4. The second-order valence-corrected chi connectivity index (χ2v) is 4.23. The molecule has 3 heteroatoms. The predicted octanol–water partition coefficient (Wildman–Crippen LogP) is 2.23. The molecule has 0 fully saturated rings. The highest BCUT2D eigenvalue weighted by Crippen LogP contribution is 2.07. The van der Waals surface area contributed by atoms with Gasteiger partial charge in [0.1, 0.15) is 5.60 Å². The highest BCUT2D eigenvalue weighted by molar-refractivity contribution is 5.70. The molecular weight excluding hydrogens is 178 g/mol. The lowest BCUT2D eigenvalue weighted by molar-refractivity contribution is -0.154. The Morgan fingerprint density at radius 2 is 2.00 bits per heavy atom. The molecule has 0 saturated heterocycles. The second kappa shape index (κ2) is 5.68. The van der Waals surface area contributed by atoms with E-state index in [0.717, 1.165) is 5.70 Å². The lowest BCUT2D eigenvalue weighted by Gasteiger charge is -2.19. The molecule has 0 spiro atoms. The number of ether oxygens (including phenoxy) is 1. The van der Waals surface area contributed by atoms with Gasteiger partial charge in [-0.1, -0.05) is 6.08 Å². The fourth-order valence-electron chi connectivity index (χ4n) is 0.856. The molecule has 0 aliphatic heterocycles. The summed E-state index contributed by atoms with van der Waals surface area (Å²) in [6.45, 7) is 10.2. The largest absolute Gasteiger partial charge is 0.460 e. The summed E-state index contributed by atoms with van der Waals surface area (Å²) in [5.41, 5.74) is 0.695. The number of carbonyl (C=O) groups is 1. The van der Waals surface area contributed by atoms with E-state index in [1.807, 2.05) is 40.7 Å². The Labute approximate surface area is 86.5 Å². The average Bonchev–Trinajstić information content (AvgIpc) is 2.00. The molecule has 0 amide bonds. The van der Waals surface area contributed by atoms with E-state index in [4.69, 9.17) is 4.74 Å². The zero-order valence-corrected chi connectivity index (χ0v) is 9.81. The number of hydrogen-bond donors (Lipinski definition) is 1. The molecule has 0 heterocycles. The number of allylic oxidation sites excluding steroid dienone is 2. The molecule has 0 aromatic carbocycles. The van der Waals surface area contributed by atoms with E-state index in [1.54, 1.807) is 0 Å². The summed E-state index contributed by atoms with van der Waals surface area (Å²) >= 11 is 0. The van der Waals surface area contributed by atoms with E-state index in [9.17, 15) is 4.79 Å². The Kier molecular flexibility index (Phi) is 5.28. The van der Waals surface area contributed by atoms with Crippen molar-refractivity contribution in [3.63, 3.8) is 0 Å². The minimum absolute atomic E-state index is 0.158. The van der Waals surface area contributed by atoms with Crippen LogP contribution in [-0.2, 0) is 9.53 Å². The summed E-state index contributed by atoms with van der Waals surface area (Å²) in [6.07, 6.45) is 2.37. The Bertz CT molecular complexity index is 214. The normalized spacial score (nSPS) is 12.5. The van der Waals surface area contributed by atoms with Crippen LogP contribution in [0.25, 0.3) is 0 Å². The first-order valence-corrected chi connectivity index (χ1v) is 4.94. The quantitative estimate of drug-likeness (QED) is 0.706. The van der Waals surface area contributed by atoms with Crippen LogP contribution in [0.1, 0.15) is 41.0 Å². The smallest absolute Gasteiger partial charge is 0.308 e. The van der Waals surface area contributed by atoms with Gasteiger partial charge in [-0.15, -0.1) is 0 Å². The molecule has 0 aromatic rings. The van der Waals surface area contributed by atoms with Crippen LogP contribution < -0.4 is 5.32 Å². The van der Waals surface area contributed by atoms with Gasteiger partial charge in [0.15, 0.2) is 0 Å². The topological polar surface area (TPSA) is 38.3 Å². The van der Waals surface area contributed by atoms with Crippen molar-refractivity contribution in [1.82, 2.24) is 5.32 Å². The molecule has 14 heavy (non-hydrogen) atoms. The Balaban J connectivity index is 3.66. The van der Waals surface area contributed by atoms with E-state index in [0.29, 0.717) is 13.0 Å². The summed E-state index contributed by atoms with van der Waals surface area (Å²) in [5, 5.41) is 3.11. The summed E-state index contributed by atoms with van der Waals surface area (Å²) in [6, 6.07) is 0. The molecule has 0 aromatic heterocycles. The second-order valence-electron chi connectivity index (χ2n) is 4.23. The van der Waals surface area contributed by atoms with Gasteiger partial charge in [-0.25, -0.2) is 0 Å². The highest BCUT2D eigenvalue weighted by atomic mass is 16.6. The van der Waals surface area contributed by atoms with Crippen molar-refractivity contribution < 1.29 is 9.53 Å². The van der Waals surface area contributed by atoms with Gasteiger partial charge in [-0.2, -0.15) is 0 Å². The lowest BCUT2D eigenvalue weighted by atomic mass is 10.2. The van der Waals surface area contributed by atoms with Gasteiger partial charge in [-0.3, -0.25) is 4.79 Å². The Morgan fingerprint density at radius 1 is 1.43 bits per heavy atom. The van der Waals surface area contributed by atoms with E-state index >= 15 is 0 Å². The fourth-order valence-corrected chi connectivity index (χ4v) is 0.856. The van der Waals surface area contributed by atoms with Gasteiger partial charge in [0, 0.05) is 12.2 Å². The van der Waals surface area contributed by atoms with E-state index in [2.05, 4.69) is 5.32 Å². The molecule has 3 nitrogen and oxygen atoms in total. The van der Waals surface area contributed by atoms with Crippen molar-refractivity contribution in [2.75, 3.05) is 6.54 Å². The molecule has 1 N–H and O–H groups in total. The molecule has 0 atom stereocenters. The van der Waals surface area contributed by atoms with Gasteiger partial charge in [0.25, 0.3) is 0 Å². The van der Waals surface area contributed by atoms with Crippen molar-refractivity contribution in [3.05, 3.63) is 11.8 Å². The van der Waals surface area contributed by atoms with E-state index in [1.165, 1.54) is 0 Å². The van der Waals surface area contributed by atoms with E-state index in [-0.39, 0.29) is 11.6 Å². The molecule has 0 aliphatic carbocycles. The van der Waals surface area contributed by atoms with Crippen LogP contribution in [0.5, 0.6) is 0 Å². The summed E-state index contributed by atoms with van der Waals surface area (Å²) in [7, 11) is 0. The van der Waals surface area contributed by atoms with Gasteiger partial charge >= 0.3 is 5.97 Å². The van der Waals surface area contributed by atoms with Gasteiger partial charge < -0.3 is 10.1 Å². The molecule has 82 valence electrons. The Hall–Kier alpha value is -0.990. The summed E-state index contributed by atoms with van der Waals surface area (Å²) in [5.74, 6) is -0.158. The third-order valence-corrected chi connectivity index (χ3v) is 1.59. The SMILES string of the molecule is C/C=C(\C)NCCC(=O)OC(C)(C)C. The van der Waals surface area contributed by atoms with Crippen molar-refractivity contribution in [1.29, 1.82) is 0 Å². The molecular formula is C11H21NO2. The van der Waals surface area contributed by atoms with Crippen LogP contribution >= 0.6 is 0 Å². The maximum Gasteiger partial charge on any atom is 0.308 e. The number of esters is 1. The van der Waals surface area contributed by atoms with Crippen LogP contribution in [0.15, 0.2) is 11.8 Å². The summed E-state index contributed by atoms with van der Waals surface area (Å²) < 4.78 is 5.15. The van der Waals surface area contributed by atoms with Crippen LogP contribution in [0.3, 0.4) is 0 Å². The number of hydrogen-bond acceptors (Lipinski definition) is 3. The fraction of sp³-hybridized carbons (Fsp3) is 0.727. The zero-order chi connectivity index (χ0) is 11.2. The van der Waals surface area contributed by atoms with Crippen molar-refractivity contribution in [2.24, 2.45) is 0 Å². The molecule has 0 unspecified atom stereocenters. The summed E-state index contributed by atoms with van der Waals surface area (Å²) in [4.78, 5) is 11.2. The minimum atomic E-state index is -0.382. The highest BCUT2D eigenvalue weighted by Gasteiger charge is 2.15. The first kappa shape index (κ1) is 13.0. The molecule has 0 rings (SSSR count). The maximum atomic E-state index is 11.2. The van der Waals surface area contributed by atoms with Crippen molar-refractivity contribution in [3.8, 4) is 0 Å². The molecule has 0 saturated carbocycles. The molecule has 0 radical (unpaired) electrons. The first-order chi connectivity index (χ1) is 6.35. The van der Waals surface area contributed by atoms with E-state index < -0.39 is 0 Å². The Morgan fingerprint density at radius 3 is 2.43 bits per heavy atom. The van der Waals surface area contributed by atoms with Crippen molar-refractivity contribution >= 4 is 5.97 Å². The average molecular weight is 199 g/mol. The third kappa shape index (κ3) is 7.65. The predicted molar refractivity (Wildman–Crippen MR) is 57.9 cm³/mol. The number of carbonyl (C=O) groups excluding carboxylic acids is 1. The van der Waals surface area contributed by atoms with Crippen molar-refractivity contribution in [2.45, 2.75) is 46.6 Å². The maximum absolute atomic E-state index is 11.2. The molecule has 0 aliphatic rings. The molecule has 0 bridgehead atoms. The zero-order valence-electron chi connectivity index (χ0n) is 9.81.